The van der Waals surface area contributed by atoms with E-state index >= 15 is 0 Å². The molecule has 0 saturated heterocycles. The van der Waals surface area contributed by atoms with Crippen LogP contribution in [-0.2, 0) is 13.0 Å². The van der Waals surface area contributed by atoms with Gasteiger partial charge in [-0.15, -0.1) is 0 Å². The summed E-state index contributed by atoms with van der Waals surface area (Å²) in [6.45, 7) is 0.707. The van der Waals surface area contributed by atoms with Gasteiger partial charge in [0.2, 0.25) is 0 Å². The van der Waals surface area contributed by atoms with Crippen molar-refractivity contribution in [1.82, 2.24) is 0 Å². The van der Waals surface area contributed by atoms with Crippen molar-refractivity contribution >= 4 is 11.6 Å². The van der Waals surface area contributed by atoms with Crippen LogP contribution in [-0.4, -0.2) is 18.1 Å². The molecule has 1 aromatic rings. The number of rotatable bonds is 1. The fourth-order valence-corrected chi connectivity index (χ4v) is 1.68. The van der Waals surface area contributed by atoms with E-state index in [-0.39, 0.29) is 0 Å². The third-order valence-electron chi connectivity index (χ3n) is 2.37. The number of aliphatic hydroxyl groups excluding tert-OH is 1. The normalized spacial score (nSPS) is 14.7. The molecule has 0 saturated carbocycles. The van der Waals surface area contributed by atoms with Crippen LogP contribution in [0.2, 0.25) is 0 Å². The maximum atomic E-state index is 9.30. The predicted octanol–water partition coefficient (Wildman–Crippen LogP) is -0.178. The lowest BCUT2D eigenvalue weighted by atomic mass is 10.0. The summed E-state index contributed by atoms with van der Waals surface area (Å²) in [5.74, 6) is 0.362. The fourth-order valence-electron chi connectivity index (χ4n) is 1.68. The molecular weight excluding hydrogens is 164 g/mol. The summed E-state index contributed by atoms with van der Waals surface area (Å²) in [5, 5.41) is 12.4. The van der Waals surface area contributed by atoms with E-state index in [9.17, 15) is 5.11 Å². The molecule has 1 aliphatic rings. The highest BCUT2D eigenvalue weighted by Gasteiger charge is 2.18. The summed E-state index contributed by atoms with van der Waals surface area (Å²) in [5.41, 5.74) is 3.59. The molecule has 0 amide bonds. The van der Waals surface area contributed by atoms with Crippen molar-refractivity contribution in [3.8, 4) is 0 Å². The van der Waals surface area contributed by atoms with E-state index in [0.717, 1.165) is 5.69 Å². The van der Waals surface area contributed by atoms with Crippen molar-refractivity contribution in [2.45, 2.75) is 13.0 Å². The average molecular weight is 177 g/mol. The minimum atomic E-state index is 0.362. The van der Waals surface area contributed by atoms with Crippen LogP contribution in [0.3, 0.4) is 0 Å². The van der Waals surface area contributed by atoms with Crippen LogP contribution < -0.4 is 10.3 Å². The van der Waals surface area contributed by atoms with Crippen LogP contribution in [0.1, 0.15) is 11.1 Å². The summed E-state index contributed by atoms with van der Waals surface area (Å²) in [7, 11) is 1.91. The lowest BCUT2D eigenvalue weighted by Gasteiger charge is -2.12. The molecule has 0 spiro atoms. The number of nitrogens with one attached hydrogen (secondary N) is 2. The minimum Gasteiger partial charge on any atom is -0.463 e. The Kier molecular flexibility index (Phi) is 1.93. The fraction of sp³-hybridized carbons (Fsp3) is 0.300. The molecule has 0 bridgehead atoms. The number of aliphatic hydroxyl groups is 1. The molecule has 3 nitrogen and oxygen atoms in total. The maximum Gasteiger partial charge on any atom is 0.337 e. The molecule has 0 radical (unpaired) electrons. The van der Waals surface area contributed by atoms with Crippen molar-refractivity contribution < 1.29 is 10.1 Å². The Morgan fingerprint density at radius 1 is 1.46 bits per heavy atom. The number of anilines is 1. The third kappa shape index (κ3) is 1.37. The zero-order chi connectivity index (χ0) is 9.26. The molecule has 0 aliphatic carbocycles. The van der Waals surface area contributed by atoms with Gasteiger partial charge in [0.1, 0.15) is 0 Å². The van der Waals surface area contributed by atoms with Gasteiger partial charge in [-0.05, 0) is 11.6 Å². The van der Waals surface area contributed by atoms with Crippen LogP contribution in [0.5, 0.6) is 0 Å². The van der Waals surface area contributed by atoms with Gasteiger partial charge in [0.25, 0.3) is 0 Å². The van der Waals surface area contributed by atoms with Crippen molar-refractivity contribution in [2.75, 3.05) is 12.4 Å². The Bertz CT molecular complexity index is 358. The van der Waals surface area contributed by atoms with E-state index in [1.807, 2.05) is 25.2 Å². The van der Waals surface area contributed by atoms with Crippen molar-refractivity contribution in [1.29, 1.82) is 0 Å². The third-order valence-corrected chi connectivity index (χ3v) is 2.37. The highest BCUT2D eigenvalue weighted by molar-refractivity contribution is 5.74. The molecule has 0 atom stereocenters. The van der Waals surface area contributed by atoms with E-state index < -0.39 is 0 Å². The van der Waals surface area contributed by atoms with Crippen LogP contribution >= 0.6 is 0 Å². The zero-order valence-corrected chi connectivity index (χ0v) is 7.59. The molecule has 1 aliphatic heterocycles. The molecule has 0 fully saturated rings. The molecule has 1 heterocycles. The lowest BCUT2D eigenvalue weighted by Crippen LogP contribution is -2.73. The average Bonchev–Trinajstić information content (AvgIpc) is 2.16. The molecule has 3 N–H and O–H groups in total. The summed E-state index contributed by atoms with van der Waals surface area (Å²) in [6.07, 6.45) is 0.616. The zero-order valence-electron chi connectivity index (χ0n) is 7.59. The van der Waals surface area contributed by atoms with Crippen molar-refractivity contribution in [3.05, 3.63) is 29.3 Å². The first-order valence-electron chi connectivity index (χ1n) is 4.38. The van der Waals surface area contributed by atoms with Crippen LogP contribution in [0.15, 0.2) is 18.2 Å². The predicted molar refractivity (Wildman–Crippen MR) is 52.0 cm³/mol. The topological polar surface area (TPSA) is 46.2 Å². The van der Waals surface area contributed by atoms with Gasteiger partial charge < -0.3 is 10.4 Å². The Hall–Kier alpha value is -1.51. The summed E-state index contributed by atoms with van der Waals surface area (Å²) < 4.78 is 0. The Balaban J connectivity index is 2.45. The monoisotopic (exact) mass is 177 g/mol. The van der Waals surface area contributed by atoms with Gasteiger partial charge in [-0.1, -0.05) is 12.1 Å². The second-order valence-corrected chi connectivity index (χ2v) is 3.17. The molecule has 1 aromatic carbocycles. The van der Waals surface area contributed by atoms with Gasteiger partial charge >= 0.3 is 5.90 Å². The van der Waals surface area contributed by atoms with Gasteiger partial charge in [0.05, 0.1) is 6.42 Å². The van der Waals surface area contributed by atoms with E-state index in [2.05, 4.69) is 10.3 Å². The first-order valence-corrected chi connectivity index (χ1v) is 4.38. The summed E-state index contributed by atoms with van der Waals surface area (Å²) in [6, 6.07) is 6.10. The number of hydrogen-bond acceptors (Lipinski definition) is 1. The van der Waals surface area contributed by atoms with E-state index in [1.54, 1.807) is 0 Å². The summed E-state index contributed by atoms with van der Waals surface area (Å²) in [4.78, 5) is 2.95. The van der Waals surface area contributed by atoms with Gasteiger partial charge in [0, 0.05) is 18.3 Å². The molecular formula is C10H13N2O+. The lowest BCUT2D eigenvalue weighted by molar-refractivity contribution is -0.487. The second-order valence-electron chi connectivity index (χ2n) is 3.17. The molecule has 0 aromatic heterocycles. The van der Waals surface area contributed by atoms with Gasteiger partial charge in [-0.3, -0.25) is 0 Å². The van der Waals surface area contributed by atoms with Crippen LogP contribution in [0.25, 0.3) is 0 Å². The van der Waals surface area contributed by atoms with Crippen molar-refractivity contribution in [2.24, 2.45) is 0 Å². The molecule has 2 rings (SSSR count). The molecule has 0 unspecified atom stereocenters. The standard InChI is InChI=1S/C10H12N2O/c1-11-9-4-2-3-7-5-10(13)12-6-8(7)9/h2-4,11H,5-6H2,1H3,(H,12,13)/p+1. The van der Waals surface area contributed by atoms with Crippen molar-refractivity contribution in [3.63, 3.8) is 0 Å². The summed E-state index contributed by atoms with van der Waals surface area (Å²) >= 11 is 0. The highest BCUT2D eigenvalue weighted by Crippen LogP contribution is 2.20. The first kappa shape index (κ1) is 8.10. The van der Waals surface area contributed by atoms with Gasteiger partial charge in [-0.2, -0.15) is 0 Å². The Labute approximate surface area is 77.1 Å². The number of fused-ring (bicyclic) bond motifs is 1. The largest absolute Gasteiger partial charge is 0.463 e. The Morgan fingerprint density at radius 3 is 3.08 bits per heavy atom. The SMILES string of the molecule is CNc1cccc2c1C[NH+]=C(O)C2. The maximum absolute atomic E-state index is 9.30. The Morgan fingerprint density at radius 2 is 2.31 bits per heavy atom. The molecule has 13 heavy (non-hydrogen) atoms. The second kappa shape index (κ2) is 3.09. The van der Waals surface area contributed by atoms with Gasteiger partial charge in [-0.25, -0.2) is 4.99 Å². The molecule has 68 valence electrons. The smallest absolute Gasteiger partial charge is 0.337 e. The van der Waals surface area contributed by atoms with Crippen LogP contribution in [0, 0.1) is 0 Å². The minimum absolute atomic E-state index is 0.362. The molecule has 3 heteroatoms. The van der Waals surface area contributed by atoms with Gasteiger partial charge in [0.15, 0.2) is 6.54 Å². The quantitative estimate of drug-likeness (QED) is 0.557. The van der Waals surface area contributed by atoms with Crippen LogP contribution in [0.4, 0.5) is 5.69 Å². The van der Waals surface area contributed by atoms with E-state index in [1.165, 1.54) is 11.1 Å². The van der Waals surface area contributed by atoms with E-state index in [0.29, 0.717) is 18.9 Å². The first-order chi connectivity index (χ1) is 6.31. The number of hydrogen-bond donors (Lipinski definition) is 3. The number of benzene rings is 1. The van der Waals surface area contributed by atoms with E-state index in [4.69, 9.17) is 0 Å². The highest BCUT2D eigenvalue weighted by atomic mass is 16.3.